The minimum absolute atomic E-state index is 0.169. The lowest BCUT2D eigenvalue weighted by molar-refractivity contribution is 0.0955. The third-order valence-electron chi connectivity index (χ3n) is 4.81. The monoisotopic (exact) mass is 406 g/mol. The summed E-state index contributed by atoms with van der Waals surface area (Å²) in [6.45, 7) is 3.90. The number of nitrogen functional groups attached to an aromatic ring is 1. The zero-order valence-corrected chi connectivity index (χ0v) is 17.0. The molecule has 0 spiro atoms. The van der Waals surface area contributed by atoms with E-state index in [9.17, 15) is 9.18 Å². The summed E-state index contributed by atoms with van der Waals surface area (Å²) in [5.41, 5.74) is 9.67. The van der Waals surface area contributed by atoms with Gasteiger partial charge < -0.3 is 15.8 Å². The molecule has 1 amide bonds. The molecule has 0 bridgehead atoms. The maximum absolute atomic E-state index is 14.5. The molecule has 4 N–H and O–H groups in total. The highest BCUT2D eigenvalue weighted by molar-refractivity contribution is 6.15. The van der Waals surface area contributed by atoms with Crippen LogP contribution in [0.3, 0.4) is 0 Å². The van der Waals surface area contributed by atoms with Crippen LogP contribution < -0.4 is 15.8 Å². The van der Waals surface area contributed by atoms with E-state index in [2.05, 4.69) is 10.3 Å². The summed E-state index contributed by atoms with van der Waals surface area (Å²) in [6, 6.07) is 11.5. The van der Waals surface area contributed by atoms with E-state index in [1.165, 1.54) is 13.2 Å². The summed E-state index contributed by atoms with van der Waals surface area (Å²) in [4.78, 5) is 16.3. The lowest BCUT2D eigenvalue weighted by Gasteiger charge is -2.14. The Morgan fingerprint density at radius 1 is 1.23 bits per heavy atom. The van der Waals surface area contributed by atoms with Crippen molar-refractivity contribution in [2.45, 2.75) is 13.8 Å². The quantitative estimate of drug-likeness (QED) is 0.426. The van der Waals surface area contributed by atoms with E-state index in [1.807, 2.05) is 0 Å². The van der Waals surface area contributed by atoms with Gasteiger partial charge in [0.2, 0.25) is 5.88 Å². The van der Waals surface area contributed by atoms with Crippen LogP contribution in [0.4, 0.5) is 10.1 Å². The molecule has 1 heterocycles. The first-order valence-corrected chi connectivity index (χ1v) is 9.43. The molecule has 3 aromatic rings. The number of pyridine rings is 1. The first-order valence-electron chi connectivity index (χ1n) is 9.43. The zero-order chi connectivity index (χ0) is 21.8. The highest BCUT2D eigenvalue weighted by Gasteiger charge is 2.17. The van der Waals surface area contributed by atoms with Crippen LogP contribution in [0.5, 0.6) is 5.88 Å². The Balaban J connectivity index is 2.04. The van der Waals surface area contributed by atoms with Crippen LogP contribution >= 0.6 is 0 Å². The van der Waals surface area contributed by atoms with E-state index in [4.69, 9.17) is 15.9 Å². The average molecular weight is 406 g/mol. The van der Waals surface area contributed by atoms with Crippen molar-refractivity contribution in [2.75, 3.05) is 19.4 Å². The fraction of sp³-hybridized carbons (Fsp3) is 0.174. The Kier molecular flexibility index (Phi) is 6.11. The van der Waals surface area contributed by atoms with Gasteiger partial charge in [-0.3, -0.25) is 10.2 Å². The molecule has 6 nitrogen and oxygen atoms in total. The predicted octanol–water partition coefficient (Wildman–Crippen LogP) is 3.95. The van der Waals surface area contributed by atoms with Gasteiger partial charge in [-0.15, -0.1) is 0 Å². The molecular formula is C23H23FN4O2. The number of anilines is 1. The Morgan fingerprint density at radius 2 is 2.00 bits per heavy atom. The topological polar surface area (TPSA) is 101 Å². The number of carbonyl (C=O) groups excluding carboxylic acids is 1. The van der Waals surface area contributed by atoms with Crippen LogP contribution in [0.25, 0.3) is 11.1 Å². The summed E-state index contributed by atoms with van der Waals surface area (Å²) in [7, 11) is 1.49. The molecule has 0 saturated carbocycles. The Bertz CT molecular complexity index is 1130. The van der Waals surface area contributed by atoms with Crippen molar-refractivity contribution in [2.24, 2.45) is 0 Å². The third-order valence-corrected chi connectivity index (χ3v) is 4.81. The number of aromatic nitrogens is 1. The Morgan fingerprint density at radius 3 is 2.67 bits per heavy atom. The Hall–Kier alpha value is -3.74. The molecule has 30 heavy (non-hydrogen) atoms. The van der Waals surface area contributed by atoms with Crippen LogP contribution in [0.2, 0.25) is 0 Å². The first-order chi connectivity index (χ1) is 14.4. The summed E-state index contributed by atoms with van der Waals surface area (Å²) < 4.78 is 19.7. The highest BCUT2D eigenvalue weighted by atomic mass is 19.1. The van der Waals surface area contributed by atoms with Gasteiger partial charge in [-0.25, -0.2) is 9.37 Å². The normalized spacial score (nSPS) is 10.5. The summed E-state index contributed by atoms with van der Waals surface area (Å²) in [5, 5.41) is 11.2. The van der Waals surface area contributed by atoms with Crippen LogP contribution in [0, 0.1) is 18.2 Å². The SMILES string of the molecule is CCNC(=O)c1cc(F)c(C)c(-c2ccc(C(=N)c3cccnc3OC)c(N)c2)c1. The van der Waals surface area contributed by atoms with Gasteiger partial charge in [-0.1, -0.05) is 12.1 Å². The maximum atomic E-state index is 14.5. The molecule has 0 atom stereocenters. The predicted molar refractivity (Wildman–Crippen MR) is 116 cm³/mol. The molecule has 0 unspecified atom stereocenters. The van der Waals surface area contributed by atoms with E-state index >= 15 is 0 Å². The van der Waals surface area contributed by atoms with E-state index in [1.54, 1.807) is 56.4 Å². The number of hydrogen-bond acceptors (Lipinski definition) is 5. The molecule has 154 valence electrons. The lowest BCUT2D eigenvalue weighted by Crippen LogP contribution is -2.23. The average Bonchev–Trinajstić information content (AvgIpc) is 2.75. The molecule has 0 saturated heterocycles. The largest absolute Gasteiger partial charge is 0.481 e. The van der Waals surface area contributed by atoms with Gasteiger partial charge in [0.15, 0.2) is 0 Å². The van der Waals surface area contributed by atoms with E-state index in [-0.39, 0.29) is 17.2 Å². The van der Waals surface area contributed by atoms with Crippen LogP contribution in [0.1, 0.15) is 34.0 Å². The first kappa shape index (κ1) is 21.0. The van der Waals surface area contributed by atoms with Gasteiger partial charge in [0.25, 0.3) is 5.91 Å². The van der Waals surface area contributed by atoms with Gasteiger partial charge in [0.05, 0.1) is 18.4 Å². The number of nitrogens with two attached hydrogens (primary N) is 1. The number of rotatable bonds is 6. The van der Waals surface area contributed by atoms with E-state index < -0.39 is 5.82 Å². The van der Waals surface area contributed by atoms with Crippen LogP contribution in [-0.2, 0) is 0 Å². The van der Waals surface area contributed by atoms with Gasteiger partial charge in [-0.2, -0.15) is 0 Å². The fourth-order valence-electron chi connectivity index (χ4n) is 3.22. The van der Waals surface area contributed by atoms with Crippen molar-refractivity contribution in [1.82, 2.24) is 10.3 Å². The molecular weight excluding hydrogens is 383 g/mol. The number of benzene rings is 2. The second kappa shape index (κ2) is 8.73. The van der Waals surface area contributed by atoms with Crippen molar-refractivity contribution < 1.29 is 13.9 Å². The number of halogens is 1. The van der Waals surface area contributed by atoms with Crippen molar-refractivity contribution in [3.8, 4) is 17.0 Å². The number of carbonyl (C=O) groups is 1. The molecule has 7 heteroatoms. The minimum atomic E-state index is -0.468. The van der Waals surface area contributed by atoms with Gasteiger partial charge in [0, 0.05) is 29.6 Å². The molecule has 2 aromatic carbocycles. The van der Waals surface area contributed by atoms with Crippen LogP contribution in [-0.4, -0.2) is 30.3 Å². The number of hydrogen-bond donors (Lipinski definition) is 3. The standard InChI is InChI=1S/C23H23FN4O2/c1-4-27-22(29)15-10-18(13(2)19(24)11-15)14-7-8-16(20(25)12-14)21(26)17-6-5-9-28-23(17)30-3/h5-12,26H,4,25H2,1-3H3,(H,27,29). The molecule has 3 rings (SSSR count). The van der Waals surface area contributed by atoms with Crippen molar-refractivity contribution in [3.63, 3.8) is 0 Å². The molecule has 0 radical (unpaired) electrons. The molecule has 0 aliphatic carbocycles. The molecule has 1 aromatic heterocycles. The number of nitrogens with one attached hydrogen (secondary N) is 2. The maximum Gasteiger partial charge on any atom is 0.251 e. The smallest absolute Gasteiger partial charge is 0.251 e. The highest BCUT2D eigenvalue weighted by Crippen LogP contribution is 2.31. The van der Waals surface area contributed by atoms with Gasteiger partial charge in [-0.05, 0) is 60.9 Å². The number of methoxy groups -OCH3 is 1. The Labute approximate surface area is 174 Å². The molecule has 0 aliphatic heterocycles. The van der Waals surface area contributed by atoms with Crippen molar-refractivity contribution >= 4 is 17.3 Å². The minimum Gasteiger partial charge on any atom is -0.481 e. The third kappa shape index (κ3) is 4.00. The van der Waals surface area contributed by atoms with Crippen LogP contribution in [0.15, 0.2) is 48.7 Å². The summed E-state index contributed by atoms with van der Waals surface area (Å²) in [5.74, 6) is -0.476. The van der Waals surface area contributed by atoms with E-state index in [0.717, 1.165) is 0 Å². The summed E-state index contributed by atoms with van der Waals surface area (Å²) in [6.07, 6.45) is 1.58. The number of amides is 1. The summed E-state index contributed by atoms with van der Waals surface area (Å²) >= 11 is 0. The molecule has 0 fully saturated rings. The fourth-order valence-corrected chi connectivity index (χ4v) is 3.22. The second-order valence-corrected chi connectivity index (χ2v) is 6.73. The number of ether oxygens (including phenoxy) is 1. The van der Waals surface area contributed by atoms with Gasteiger partial charge >= 0.3 is 0 Å². The molecule has 0 aliphatic rings. The number of nitrogens with zero attached hydrogens (tertiary/aromatic N) is 1. The second-order valence-electron chi connectivity index (χ2n) is 6.73. The van der Waals surface area contributed by atoms with Crippen molar-refractivity contribution in [1.29, 1.82) is 5.41 Å². The van der Waals surface area contributed by atoms with E-state index in [0.29, 0.717) is 45.9 Å². The lowest BCUT2D eigenvalue weighted by atomic mass is 9.94. The van der Waals surface area contributed by atoms with Gasteiger partial charge in [0.1, 0.15) is 5.82 Å². The van der Waals surface area contributed by atoms with Crippen molar-refractivity contribution in [3.05, 3.63) is 76.7 Å². The zero-order valence-electron chi connectivity index (χ0n) is 17.0.